The first-order valence-corrected chi connectivity index (χ1v) is 33.9. The highest BCUT2D eigenvalue weighted by Gasteiger charge is 2.55. The minimum Gasteiger partial charge on any atom is -0.455 e. The van der Waals surface area contributed by atoms with Gasteiger partial charge in [-0.1, -0.05) is 272 Å². The Hall–Kier alpha value is -11.7. The Bertz CT molecular complexity index is 5670. The van der Waals surface area contributed by atoms with Crippen LogP contribution in [0.3, 0.4) is 0 Å². The summed E-state index contributed by atoms with van der Waals surface area (Å²) in [6.45, 7) is 13.7. The van der Waals surface area contributed by atoms with Crippen LogP contribution in [0, 0.1) is 0 Å². The van der Waals surface area contributed by atoms with E-state index in [1.54, 1.807) is 0 Å². The van der Waals surface area contributed by atoms with Gasteiger partial charge in [0.2, 0.25) is 0 Å². The molecule has 4 nitrogen and oxygen atoms in total. The maximum absolute atomic E-state index is 7.95. The molecule has 0 fully saturated rings. The Morgan fingerprint density at radius 1 is 0.268 bits per heavy atom. The predicted octanol–water partition coefficient (Wildman–Crippen LogP) is 26.0. The molecule has 464 valence electrons. The van der Waals surface area contributed by atoms with Gasteiger partial charge in [-0.25, -0.2) is 0 Å². The molecular formula is C93H70N2O2. The average Bonchev–Trinajstić information content (AvgIpc) is 1.49. The zero-order chi connectivity index (χ0) is 65.3. The van der Waals surface area contributed by atoms with E-state index in [-0.39, 0.29) is 10.8 Å². The van der Waals surface area contributed by atoms with Crippen molar-refractivity contribution in [3.63, 3.8) is 0 Å². The topological polar surface area (TPSA) is 32.8 Å². The van der Waals surface area contributed by atoms with Gasteiger partial charge in [0.15, 0.2) is 5.58 Å². The average molecular weight is 1250 g/mol. The van der Waals surface area contributed by atoms with Gasteiger partial charge in [0, 0.05) is 50.0 Å². The molecule has 0 N–H and O–H groups in total. The summed E-state index contributed by atoms with van der Waals surface area (Å²) >= 11 is 0. The first-order valence-electron chi connectivity index (χ1n) is 33.9. The number of furan rings is 2. The Morgan fingerprint density at radius 3 is 1.03 bits per heavy atom. The Balaban J connectivity index is 1.01. The maximum Gasteiger partial charge on any atom is 0.160 e. The quantitative estimate of drug-likeness (QED) is 0.137. The molecule has 0 unspecified atom stereocenters. The normalized spacial score (nSPS) is 12.9. The fraction of sp³-hybridized carbons (Fsp3) is 0.0968. The van der Waals surface area contributed by atoms with Gasteiger partial charge in [-0.3, -0.25) is 0 Å². The molecule has 16 aromatic rings. The number of hydrogen-bond donors (Lipinski definition) is 0. The van der Waals surface area contributed by atoms with Crippen molar-refractivity contribution in [2.45, 2.75) is 57.8 Å². The van der Waals surface area contributed by atoms with Crippen LogP contribution in [0.5, 0.6) is 0 Å². The minimum absolute atomic E-state index is 0.0677. The molecule has 14 aromatic carbocycles. The molecule has 0 saturated carbocycles. The molecule has 0 atom stereocenters. The fourth-order valence-corrected chi connectivity index (χ4v) is 15.8. The van der Waals surface area contributed by atoms with Crippen LogP contribution in [0.15, 0.2) is 324 Å². The van der Waals surface area contributed by atoms with Crippen molar-refractivity contribution in [1.29, 1.82) is 0 Å². The van der Waals surface area contributed by atoms with E-state index in [2.05, 4.69) is 367 Å². The fourth-order valence-electron chi connectivity index (χ4n) is 15.8. The summed E-state index contributed by atoms with van der Waals surface area (Å²) in [7, 11) is 0. The molecule has 2 aliphatic carbocycles. The monoisotopic (exact) mass is 1250 g/mol. The Morgan fingerprint density at radius 2 is 0.598 bits per heavy atom. The number of anilines is 6. The molecule has 2 aliphatic rings. The summed E-state index contributed by atoms with van der Waals surface area (Å²) in [6, 6.07) is 116. The van der Waals surface area contributed by atoms with Crippen molar-refractivity contribution in [2.24, 2.45) is 0 Å². The van der Waals surface area contributed by atoms with Crippen LogP contribution in [0.2, 0.25) is 0 Å². The summed E-state index contributed by atoms with van der Waals surface area (Å²) in [4.78, 5) is 4.94. The van der Waals surface area contributed by atoms with Gasteiger partial charge < -0.3 is 18.6 Å². The lowest BCUT2D eigenvalue weighted by molar-refractivity contribution is 0.590. The van der Waals surface area contributed by atoms with Crippen molar-refractivity contribution >= 4 is 78.0 Å². The molecule has 0 saturated heterocycles. The van der Waals surface area contributed by atoms with E-state index in [4.69, 9.17) is 8.83 Å². The molecule has 0 amide bonds. The molecule has 1 spiro atoms. The van der Waals surface area contributed by atoms with Gasteiger partial charge in [0.1, 0.15) is 16.7 Å². The largest absolute Gasteiger partial charge is 0.455 e. The molecule has 0 bridgehead atoms. The van der Waals surface area contributed by atoms with E-state index in [9.17, 15) is 0 Å². The van der Waals surface area contributed by atoms with Crippen molar-refractivity contribution in [3.8, 4) is 66.8 Å². The van der Waals surface area contributed by atoms with Gasteiger partial charge in [0.05, 0.1) is 22.2 Å². The number of nitrogens with zero attached hydrogens (tertiary/aromatic N) is 2. The van der Waals surface area contributed by atoms with E-state index in [0.717, 1.165) is 139 Å². The highest BCUT2D eigenvalue weighted by molar-refractivity contribution is 6.26. The smallest absolute Gasteiger partial charge is 0.160 e. The molecule has 97 heavy (non-hydrogen) atoms. The van der Waals surface area contributed by atoms with Crippen molar-refractivity contribution in [3.05, 3.63) is 349 Å². The summed E-state index contributed by atoms with van der Waals surface area (Å²) < 4.78 is 15.7. The van der Waals surface area contributed by atoms with E-state index in [0.29, 0.717) is 0 Å². The first kappa shape index (κ1) is 57.9. The van der Waals surface area contributed by atoms with E-state index < -0.39 is 5.41 Å². The van der Waals surface area contributed by atoms with Crippen LogP contribution in [0.1, 0.15) is 74.9 Å². The molecular weight excluding hydrogens is 1180 g/mol. The van der Waals surface area contributed by atoms with Crippen molar-refractivity contribution in [2.75, 3.05) is 9.80 Å². The van der Waals surface area contributed by atoms with Gasteiger partial charge in [-0.2, -0.15) is 0 Å². The van der Waals surface area contributed by atoms with Crippen molar-refractivity contribution < 1.29 is 8.83 Å². The lowest BCUT2D eigenvalue weighted by Crippen LogP contribution is -2.26. The SMILES string of the molecule is CC(C)(C)c1ccc(N(c2ccc(-c3ccccc3)cc2)c2cc3c(c4c2oc2cc(-c5ccccc5)ccc24)-c2c(cc(N(c4ccc(-c5ccccc5)cc4)c4ccc(C(C)(C)C)cc4)c4c2oc2cc(-c5ccccc5)ccc24)C32c3ccccc3-c3ccccc32)cc1. The summed E-state index contributed by atoms with van der Waals surface area (Å²) in [5.74, 6) is 0. The summed E-state index contributed by atoms with van der Waals surface area (Å²) in [5, 5.41) is 4.11. The molecule has 2 heterocycles. The predicted molar refractivity (Wildman–Crippen MR) is 406 cm³/mol. The number of hydrogen-bond acceptors (Lipinski definition) is 4. The standard InChI is InChI=1S/C93H70N2O2/c1-91(2,3)67-41-49-71(50-42-67)94(69-45-35-63(36-46-69)59-23-11-7-12-24-59)81-57-80-88(90-85(81)75-53-39-65(55-83(75)97-90)61-27-15-9-16-28-61)87-79(93(80)77-33-21-19-31-73(77)74-32-20-22-34-78(74)93)58-82(89-86(87)76-54-40-66(56-84(76)96-89)62-29-17-10-18-30-62)95(72-51-43-68(44-52-72)92(4,5)6)70-47-37-64(38-48-70)60-25-13-8-14-26-60/h7-58H,1-6H3. The highest BCUT2D eigenvalue weighted by atomic mass is 16.3. The second kappa shape index (κ2) is 22.2. The third-order valence-corrected chi connectivity index (χ3v) is 20.6. The number of rotatable bonds is 10. The second-order valence-electron chi connectivity index (χ2n) is 28.3. The zero-order valence-electron chi connectivity index (χ0n) is 55.2. The molecule has 0 radical (unpaired) electrons. The Kier molecular flexibility index (Phi) is 13.3. The minimum atomic E-state index is -0.899. The highest BCUT2D eigenvalue weighted by Crippen LogP contribution is 2.68. The molecule has 18 rings (SSSR count). The van der Waals surface area contributed by atoms with Crippen LogP contribution in [0.4, 0.5) is 34.1 Å². The van der Waals surface area contributed by atoms with E-state index in [1.807, 2.05) is 0 Å². The lowest BCUT2D eigenvalue weighted by Gasteiger charge is -2.33. The lowest BCUT2D eigenvalue weighted by atomic mass is 9.70. The van der Waals surface area contributed by atoms with E-state index >= 15 is 0 Å². The van der Waals surface area contributed by atoms with Crippen LogP contribution >= 0.6 is 0 Å². The second-order valence-corrected chi connectivity index (χ2v) is 28.3. The summed E-state index contributed by atoms with van der Waals surface area (Å²) in [6.07, 6.45) is 0. The van der Waals surface area contributed by atoms with Gasteiger partial charge in [-0.15, -0.1) is 0 Å². The van der Waals surface area contributed by atoms with E-state index in [1.165, 1.54) is 38.9 Å². The van der Waals surface area contributed by atoms with Crippen LogP contribution in [-0.4, -0.2) is 0 Å². The molecule has 4 heteroatoms. The summed E-state index contributed by atoms with van der Waals surface area (Å²) in [5.41, 5.74) is 29.1. The third-order valence-electron chi connectivity index (χ3n) is 20.6. The van der Waals surface area contributed by atoms with Gasteiger partial charge in [0.25, 0.3) is 0 Å². The first-order chi connectivity index (χ1) is 47.4. The number of fused-ring (bicyclic) bond motifs is 18. The molecule has 2 aromatic heterocycles. The van der Waals surface area contributed by atoms with Gasteiger partial charge >= 0.3 is 0 Å². The van der Waals surface area contributed by atoms with Crippen LogP contribution in [0.25, 0.3) is 111 Å². The molecule has 0 aliphatic heterocycles. The van der Waals surface area contributed by atoms with Crippen molar-refractivity contribution in [1.82, 2.24) is 0 Å². The zero-order valence-corrected chi connectivity index (χ0v) is 55.2. The van der Waals surface area contributed by atoms with Crippen LogP contribution in [-0.2, 0) is 16.2 Å². The third kappa shape index (κ3) is 9.26. The number of benzene rings is 14. The maximum atomic E-state index is 7.95. The van der Waals surface area contributed by atoms with Crippen LogP contribution < -0.4 is 9.80 Å². The van der Waals surface area contributed by atoms with Gasteiger partial charge in [-0.05, 0) is 185 Å². The Labute approximate surface area is 566 Å².